The Morgan fingerprint density at radius 3 is 2.27 bits per heavy atom. The van der Waals surface area contributed by atoms with E-state index in [0.717, 1.165) is 12.1 Å². The molecule has 0 atom stereocenters. The van der Waals surface area contributed by atoms with E-state index in [0.29, 0.717) is 47.7 Å². The number of fused-ring (bicyclic) bond motifs is 1. The largest absolute Gasteiger partial charge is 0.497 e. The van der Waals surface area contributed by atoms with Crippen molar-refractivity contribution in [3.8, 4) is 11.5 Å². The zero-order valence-electron chi connectivity index (χ0n) is 14.4. The second-order valence-corrected chi connectivity index (χ2v) is 6.00. The number of alkyl halides is 3. The van der Waals surface area contributed by atoms with Crippen molar-refractivity contribution in [3.05, 3.63) is 53.1 Å². The lowest BCUT2D eigenvalue weighted by Crippen LogP contribution is -2.35. The maximum atomic E-state index is 13.0. The molecule has 7 heteroatoms. The summed E-state index contributed by atoms with van der Waals surface area (Å²) >= 11 is 0. The molecule has 2 aromatic carbocycles. The molecule has 0 saturated heterocycles. The molecule has 0 radical (unpaired) electrons. The number of carbonyl (C=O) groups excluding carboxylic acids is 1. The highest BCUT2D eigenvalue weighted by molar-refractivity contribution is 6.07. The molecule has 3 rings (SSSR count). The quantitative estimate of drug-likeness (QED) is 0.813. The van der Waals surface area contributed by atoms with E-state index in [2.05, 4.69) is 0 Å². The van der Waals surface area contributed by atoms with Crippen molar-refractivity contribution in [3.63, 3.8) is 0 Å². The van der Waals surface area contributed by atoms with Gasteiger partial charge in [0.1, 0.15) is 11.5 Å². The van der Waals surface area contributed by atoms with E-state index in [1.807, 2.05) is 0 Å². The third-order valence-corrected chi connectivity index (χ3v) is 4.37. The number of halogens is 3. The van der Waals surface area contributed by atoms with E-state index in [1.165, 1.54) is 25.2 Å². The highest BCUT2D eigenvalue weighted by atomic mass is 19.4. The maximum absolute atomic E-state index is 13.0. The fourth-order valence-electron chi connectivity index (χ4n) is 3.07. The van der Waals surface area contributed by atoms with Gasteiger partial charge in [0.05, 0.1) is 19.8 Å². The van der Waals surface area contributed by atoms with Crippen molar-refractivity contribution in [1.82, 2.24) is 0 Å². The standard InChI is InChI=1S/C19H18F3NO3/c1-25-15-9-13(10-16(11-15)26-2)18(24)23-7-3-4-12-8-14(19(20,21)22)5-6-17(12)23/h5-6,8-11H,3-4,7H2,1-2H3. The Balaban J connectivity index is 1.98. The monoisotopic (exact) mass is 365 g/mol. The second kappa shape index (κ2) is 6.90. The average Bonchev–Trinajstić information content (AvgIpc) is 2.65. The van der Waals surface area contributed by atoms with Gasteiger partial charge >= 0.3 is 6.18 Å². The Kier molecular flexibility index (Phi) is 4.80. The van der Waals surface area contributed by atoms with Crippen LogP contribution in [0.3, 0.4) is 0 Å². The molecule has 4 nitrogen and oxygen atoms in total. The zero-order chi connectivity index (χ0) is 18.9. The molecule has 0 aliphatic carbocycles. The summed E-state index contributed by atoms with van der Waals surface area (Å²) in [6.07, 6.45) is -3.30. The van der Waals surface area contributed by atoms with Gasteiger partial charge in [-0.25, -0.2) is 0 Å². The predicted molar refractivity (Wildman–Crippen MR) is 91.0 cm³/mol. The number of hydrogen-bond donors (Lipinski definition) is 0. The number of hydrogen-bond acceptors (Lipinski definition) is 3. The molecule has 26 heavy (non-hydrogen) atoms. The third kappa shape index (κ3) is 3.47. The number of carbonyl (C=O) groups is 1. The molecule has 1 amide bonds. The van der Waals surface area contributed by atoms with Crippen LogP contribution in [0.15, 0.2) is 36.4 Å². The molecular weight excluding hydrogens is 347 g/mol. The molecule has 1 aliphatic rings. The minimum absolute atomic E-state index is 0.303. The van der Waals surface area contributed by atoms with Gasteiger partial charge < -0.3 is 14.4 Å². The summed E-state index contributed by atoms with van der Waals surface area (Å²) in [4.78, 5) is 14.5. The van der Waals surface area contributed by atoms with Crippen LogP contribution in [0.25, 0.3) is 0 Å². The molecule has 0 bridgehead atoms. The van der Waals surface area contributed by atoms with Crippen molar-refractivity contribution in [2.45, 2.75) is 19.0 Å². The van der Waals surface area contributed by atoms with Gasteiger partial charge in [-0.3, -0.25) is 4.79 Å². The minimum atomic E-state index is -4.40. The molecular formula is C19H18F3NO3. The number of benzene rings is 2. The van der Waals surface area contributed by atoms with Crippen LogP contribution < -0.4 is 14.4 Å². The van der Waals surface area contributed by atoms with Crippen molar-refractivity contribution in [2.75, 3.05) is 25.7 Å². The number of aryl methyl sites for hydroxylation is 1. The first-order valence-electron chi connectivity index (χ1n) is 8.08. The molecule has 0 N–H and O–H groups in total. The number of rotatable bonds is 3. The van der Waals surface area contributed by atoms with Crippen LogP contribution >= 0.6 is 0 Å². The lowest BCUT2D eigenvalue weighted by atomic mass is 9.98. The van der Waals surface area contributed by atoms with E-state index >= 15 is 0 Å². The van der Waals surface area contributed by atoms with Gasteiger partial charge in [-0.15, -0.1) is 0 Å². The summed E-state index contributed by atoms with van der Waals surface area (Å²) < 4.78 is 49.2. The van der Waals surface area contributed by atoms with Crippen LogP contribution in [0.5, 0.6) is 11.5 Å². The zero-order valence-corrected chi connectivity index (χ0v) is 14.4. The molecule has 0 spiro atoms. The summed E-state index contributed by atoms with van der Waals surface area (Å²) in [7, 11) is 2.97. The Morgan fingerprint density at radius 2 is 1.69 bits per heavy atom. The first-order valence-corrected chi connectivity index (χ1v) is 8.08. The normalized spacial score (nSPS) is 14.0. The van der Waals surface area contributed by atoms with Crippen LogP contribution in [0.2, 0.25) is 0 Å². The predicted octanol–water partition coefficient (Wildman–Crippen LogP) is 4.32. The fraction of sp³-hybridized carbons (Fsp3) is 0.316. The first-order chi connectivity index (χ1) is 12.3. The Bertz CT molecular complexity index is 811. The van der Waals surface area contributed by atoms with Crippen molar-refractivity contribution in [1.29, 1.82) is 0 Å². The summed E-state index contributed by atoms with van der Waals surface area (Å²) in [5.74, 6) is 0.637. The van der Waals surface area contributed by atoms with Crippen molar-refractivity contribution in [2.24, 2.45) is 0 Å². The van der Waals surface area contributed by atoms with E-state index in [9.17, 15) is 18.0 Å². The molecule has 138 valence electrons. The SMILES string of the molecule is COc1cc(OC)cc(C(=O)N2CCCc3cc(C(F)(F)F)ccc32)c1. The van der Waals surface area contributed by atoms with Crippen molar-refractivity contribution < 1.29 is 27.4 Å². The van der Waals surface area contributed by atoms with Gasteiger partial charge in [0.2, 0.25) is 0 Å². The fourth-order valence-corrected chi connectivity index (χ4v) is 3.07. The van der Waals surface area contributed by atoms with E-state index in [4.69, 9.17) is 9.47 Å². The molecule has 0 aromatic heterocycles. The smallest absolute Gasteiger partial charge is 0.416 e. The second-order valence-electron chi connectivity index (χ2n) is 6.00. The van der Waals surface area contributed by atoms with Gasteiger partial charge in [-0.2, -0.15) is 13.2 Å². The summed E-state index contributed by atoms with van der Waals surface area (Å²) in [6.45, 7) is 0.441. The average molecular weight is 365 g/mol. The van der Waals surface area contributed by atoms with Crippen molar-refractivity contribution >= 4 is 11.6 Å². The van der Waals surface area contributed by atoms with Crippen LogP contribution in [0.1, 0.15) is 27.9 Å². The van der Waals surface area contributed by atoms with Gasteiger partial charge in [0.15, 0.2) is 0 Å². The van der Waals surface area contributed by atoms with E-state index < -0.39 is 11.7 Å². The number of ether oxygens (including phenoxy) is 2. The number of anilines is 1. The molecule has 1 heterocycles. The highest BCUT2D eigenvalue weighted by Crippen LogP contribution is 2.36. The molecule has 0 fully saturated rings. The third-order valence-electron chi connectivity index (χ3n) is 4.37. The van der Waals surface area contributed by atoms with Crippen LogP contribution in [-0.4, -0.2) is 26.7 Å². The van der Waals surface area contributed by atoms with E-state index in [1.54, 1.807) is 18.2 Å². The first kappa shape index (κ1) is 18.1. The number of methoxy groups -OCH3 is 2. The van der Waals surface area contributed by atoms with E-state index in [-0.39, 0.29) is 5.91 Å². The minimum Gasteiger partial charge on any atom is -0.497 e. The van der Waals surface area contributed by atoms with Gasteiger partial charge in [0, 0.05) is 23.9 Å². The number of nitrogens with zero attached hydrogens (tertiary/aromatic N) is 1. The molecule has 2 aromatic rings. The van der Waals surface area contributed by atoms with Gasteiger partial charge in [-0.1, -0.05) is 0 Å². The Hall–Kier alpha value is -2.70. The lowest BCUT2D eigenvalue weighted by molar-refractivity contribution is -0.137. The van der Waals surface area contributed by atoms with Crippen LogP contribution in [0.4, 0.5) is 18.9 Å². The maximum Gasteiger partial charge on any atom is 0.416 e. The molecule has 0 saturated carbocycles. The number of amides is 1. The van der Waals surface area contributed by atoms with Gasteiger partial charge in [0.25, 0.3) is 5.91 Å². The molecule has 0 unspecified atom stereocenters. The summed E-state index contributed by atoms with van der Waals surface area (Å²) in [5.41, 5.74) is 0.688. The topological polar surface area (TPSA) is 38.8 Å². The summed E-state index contributed by atoms with van der Waals surface area (Å²) in [5, 5.41) is 0. The van der Waals surface area contributed by atoms with Crippen LogP contribution in [-0.2, 0) is 12.6 Å². The lowest BCUT2D eigenvalue weighted by Gasteiger charge is -2.30. The highest BCUT2D eigenvalue weighted by Gasteiger charge is 2.33. The summed E-state index contributed by atoms with van der Waals surface area (Å²) in [6, 6.07) is 8.33. The van der Waals surface area contributed by atoms with Gasteiger partial charge in [-0.05, 0) is 48.7 Å². The Morgan fingerprint density at radius 1 is 1.04 bits per heavy atom. The molecule has 1 aliphatic heterocycles. The van der Waals surface area contributed by atoms with Crippen LogP contribution in [0, 0.1) is 0 Å². The Labute approximate surface area is 149 Å².